The predicted molar refractivity (Wildman–Crippen MR) is 72.3 cm³/mol. The summed E-state index contributed by atoms with van der Waals surface area (Å²) in [7, 11) is 0. The Morgan fingerprint density at radius 1 is 1.35 bits per heavy atom. The average Bonchev–Trinajstić information content (AvgIpc) is 2.41. The van der Waals surface area contributed by atoms with Gasteiger partial charge in [0.05, 0.1) is 18.7 Å². The molecule has 1 fully saturated rings. The van der Waals surface area contributed by atoms with Gasteiger partial charge in [-0.15, -0.1) is 0 Å². The lowest BCUT2D eigenvalue weighted by atomic mass is 9.90. The predicted octanol–water partition coefficient (Wildman–Crippen LogP) is 0.148. The van der Waals surface area contributed by atoms with Gasteiger partial charge in [-0.1, -0.05) is 6.92 Å². The number of amides is 2. The van der Waals surface area contributed by atoms with E-state index in [1.165, 1.54) is 0 Å². The highest BCUT2D eigenvalue weighted by atomic mass is 16.5. The fourth-order valence-corrected chi connectivity index (χ4v) is 2.06. The standard InChI is InChI=1S/C14H18N2O4/c1-2-14(19)8-16(9-14)13(18)10-3-5-11(6-4-10)20-7-12(15)17/h3-6,19H,2,7-9H2,1H3,(H2,15,17). The highest BCUT2D eigenvalue weighted by Crippen LogP contribution is 2.26. The maximum absolute atomic E-state index is 12.1. The summed E-state index contributed by atoms with van der Waals surface area (Å²) in [6.45, 7) is 2.43. The number of nitrogens with zero attached hydrogens (tertiary/aromatic N) is 1. The monoisotopic (exact) mass is 278 g/mol. The molecule has 1 aliphatic rings. The van der Waals surface area contributed by atoms with Crippen molar-refractivity contribution in [1.29, 1.82) is 0 Å². The lowest BCUT2D eigenvalue weighted by Crippen LogP contribution is -2.63. The van der Waals surface area contributed by atoms with Gasteiger partial charge in [0.25, 0.3) is 11.8 Å². The van der Waals surface area contributed by atoms with Gasteiger partial charge >= 0.3 is 0 Å². The third-order valence-electron chi connectivity index (χ3n) is 3.40. The number of primary amides is 1. The molecule has 0 saturated carbocycles. The average molecular weight is 278 g/mol. The molecule has 0 bridgehead atoms. The van der Waals surface area contributed by atoms with Crippen LogP contribution in [0.4, 0.5) is 0 Å². The first kappa shape index (κ1) is 14.3. The summed E-state index contributed by atoms with van der Waals surface area (Å²) >= 11 is 0. The van der Waals surface area contributed by atoms with Crippen molar-refractivity contribution in [2.45, 2.75) is 18.9 Å². The molecule has 6 nitrogen and oxygen atoms in total. The lowest BCUT2D eigenvalue weighted by molar-refractivity contribution is -0.119. The Morgan fingerprint density at radius 2 is 1.95 bits per heavy atom. The topological polar surface area (TPSA) is 92.9 Å². The maximum Gasteiger partial charge on any atom is 0.255 e. The Balaban J connectivity index is 1.93. The summed E-state index contributed by atoms with van der Waals surface area (Å²) in [4.78, 5) is 24.3. The Morgan fingerprint density at radius 3 is 2.45 bits per heavy atom. The molecule has 0 unspecified atom stereocenters. The number of benzene rings is 1. The van der Waals surface area contributed by atoms with E-state index in [4.69, 9.17) is 10.5 Å². The molecule has 2 amide bonds. The van der Waals surface area contributed by atoms with Crippen LogP contribution in [0.3, 0.4) is 0 Å². The number of carbonyl (C=O) groups is 2. The second kappa shape index (κ2) is 5.50. The Hall–Kier alpha value is -2.08. The second-order valence-electron chi connectivity index (χ2n) is 5.02. The van der Waals surface area contributed by atoms with E-state index in [1.807, 2.05) is 6.92 Å². The van der Waals surface area contributed by atoms with Crippen molar-refractivity contribution in [2.75, 3.05) is 19.7 Å². The molecule has 108 valence electrons. The Kier molecular flexibility index (Phi) is 3.94. The van der Waals surface area contributed by atoms with E-state index in [9.17, 15) is 14.7 Å². The number of ether oxygens (including phenoxy) is 1. The third kappa shape index (κ3) is 3.08. The van der Waals surface area contributed by atoms with E-state index in [0.29, 0.717) is 30.8 Å². The van der Waals surface area contributed by atoms with Gasteiger partial charge in [0, 0.05) is 5.56 Å². The molecular formula is C14H18N2O4. The zero-order chi connectivity index (χ0) is 14.8. The molecule has 0 spiro atoms. The SMILES string of the molecule is CCC1(O)CN(C(=O)c2ccc(OCC(N)=O)cc2)C1. The number of hydrogen-bond acceptors (Lipinski definition) is 4. The van der Waals surface area contributed by atoms with E-state index >= 15 is 0 Å². The van der Waals surface area contributed by atoms with Gasteiger partial charge in [-0.05, 0) is 30.7 Å². The summed E-state index contributed by atoms with van der Waals surface area (Å²) in [6, 6.07) is 6.48. The van der Waals surface area contributed by atoms with E-state index in [2.05, 4.69) is 0 Å². The Labute approximate surface area is 117 Å². The van der Waals surface area contributed by atoms with Crippen LogP contribution in [0, 0.1) is 0 Å². The summed E-state index contributed by atoms with van der Waals surface area (Å²) in [5, 5.41) is 9.89. The minimum Gasteiger partial charge on any atom is -0.484 e. The minimum atomic E-state index is -0.736. The molecule has 3 N–H and O–H groups in total. The Bertz CT molecular complexity index is 506. The summed E-state index contributed by atoms with van der Waals surface area (Å²) in [6.07, 6.45) is 0.636. The second-order valence-corrected chi connectivity index (χ2v) is 5.02. The van der Waals surface area contributed by atoms with Crippen molar-refractivity contribution < 1.29 is 19.4 Å². The highest BCUT2D eigenvalue weighted by Gasteiger charge is 2.42. The van der Waals surface area contributed by atoms with Gasteiger partial charge < -0.3 is 20.5 Å². The van der Waals surface area contributed by atoms with Crippen molar-refractivity contribution >= 4 is 11.8 Å². The molecule has 2 rings (SSSR count). The molecule has 0 aromatic heterocycles. The number of hydrogen-bond donors (Lipinski definition) is 2. The van der Waals surface area contributed by atoms with Gasteiger partial charge in [-0.25, -0.2) is 0 Å². The quantitative estimate of drug-likeness (QED) is 0.801. The van der Waals surface area contributed by atoms with Crippen molar-refractivity contribution in [2.24, 2.45) is 5.73 Å². The molecule has 6 heteroatoms. The van der Waals surface area contributed by atoms with Crippen molar-refractivity contribution in [3.8, 4) is 5.75 Å². The van der Waals surface area contributed by atoms with Crippen LogP contribution in [0.2, 0.25) is 0 Å². The van der Waals surface area contributed by atoms with E-state index in [1.54, 1.807) is 29.2 Å². The zero-order valence-electron chi connectivity index (χ0n) is 11.3. The largest absolute Gasteiger partial charge is 0.484 e. The van der Waals surface area contributed by atoms with Crippen LogP contribution in [0.15, 0.2) is 24.3 Å². The molecule has 0 radical (unpaired) electrons. The first-order valence-electron chi connectivity index (χ1n) is 6.46. The van der Waals surface area contributed by atoms with Crippen LogP contribution in [-0.4, -0.2) is 47.1 Å². The van der Waals surface area contributed by atoms with Crippen molar-refractivity contribution in [3.63, 3.8) is 0 Å². The normalized spacial score (nSPS) is 16.4. The van der Waals surface area contributed by atoms with Crippen LogP contribution in [0.25, 0.3) is 0 Å². The fraction of sp³-hybridized carbons (Fsp3) is 0.429. The van der Waals surface area contributed by atoms with E-state index in [-0.39, 0.29) is 12.5 Å². The maximum atomic E-state index is 12.1. The number of carbonyl (C=O) groups excluding carboxylic acids is 2. The molecule has 1 aromatic carbocycles. The number of likely N-dealkylation sites (tertiary alicyclic amines) is 1. The van der Waals surface area contributed by atoms with Gasteiger partial charge in [0.1, 0.15) is 5.75 Å². The molecule has 0 aliphatic carbocycles. The number of β-amino-alcohol motifs (C(OH)–C–C–N with tert-alkyl or cyclic N) is 1. The number of aliphatic hydroxyl groups is 1. The molecule has 1 aliphatic heterocycles. The van der Waals surface area contributed by atoms with Gasteiger partial charge in [-0.2, -0.15) is 0 Å². The van der Waals surface area contributed by atoms with Crippen molar-refractivity contribution in [3.05, 3.63) is 29.8 Å². The van der Waals surface area contributed by atoms with Crippen LogP contribution in [-0.2, 0) is 4.79 Å². The van der Waals surface area contributed by atoms with Crippen LogP contribution in [0.1, 0.15) is 23.7 Å². The molecule has 1 heterocycles. The van der Waals surface area contributed by atoms with Gasteiger partial charge in [-0.3, -0.25) is 9.59 Å². The number of rotatable bonds is 5. The molecule has 1 aromatic rings. The first-order chi connectivity index (χ1) is 9.43. The molecule has 20 heavy (non-hydrogen) atoms. The third-order valence-corrected chi connectivity index (χ3v) is 3.40. The zero-order valence-corrected chi connectivity index (χ0v) is 11.3. The molecule has 0 atom stereocenters. The summed E-state index contributed by atoms with van der Waals surface area (Å²) in [5.41, 5.74) is 4.76. The van der Waals surface area contributed by atoms with Gasteiger partial charge in [0.15, 0.2) is 6.61 Å². The summed E-state index contributed by atoms with van der Waals surface area (Å²) in [5.74, 6) is -0.191. The fourth-order valence-electron chi connectivity index (χ4n) is 2.06. The molecule has 1 saturated heterocycles. The van der Waals surface area contributed by atoms with Crippen LogP contribution >= 0.6 is 0 Å². The lowest BCUT2D eigenvalue weighted by Gasteiger charge is -2.46. The van der Waals surface area contributed by atoms with Crippen LogP contribution in [0.5, 0.6) is 5.75 Å². The van der Waals surface area contributed by atoms with Crippen molar-refractivity contribution in [1.82, 2.24) is 4.90 Å². The highest BCUT2D eigenvalue weighted by molar-refractivity contribution is 5.95. The smallest absolute Gasteiger partial charge is 0.255 e. The minimum absolute atomic E-state index is 0.121. The summed E-state index contributed by atoms with van der Waals surface area (Å²) < 4.78 is 5.11. The first-order valence-corrected chi connectivity index (χ1v) is 6.46. The van der Waals surface area contributed by atoms with Crippen LogP contribution < -0.4 is 10.5 Å². The number of nitrogens with two attached hydrogens (primary N) is 1. The van der Waals surface area contributed by atoms with E-state index in [0.717, 1.165) is 0 Å². The van der Waals surface area contributed by atoms with E-state index < -0.39 is 11.5 Å². The van der Waals surface area contributed by atoms with Gasteiger partial charge in [0.2, 0.25) is 0 Å². The molecular weight excluding hydrogens is 260 g/mol.